The van der Waals surface area contributed by atoms with Gasteiger partial charge in [0.2, 0.25) is 5.91 Å². The van der Waals surface area contributed by atoms with E-state index < -0.39 is 17.5 Å². The lowest BCUT2D eigenvalue weighted by atomic mass is 10.1. The van der Waals surface area contributed by atoms with Crippen molar-refractivity contribution in [1.82, 2.24) is 10.6 Å². The van der Waals surface area contributed by atoms with Crippen molar-refractivity contribution in [2.24, 2.45) is 0 Å². The second-order valence-corrected chi connectivity index (χ2v) is 7.25. The number of amides is 2. The monoisotopic (exact) mass is 366 g/mol. The second-order valence-electron chi connectivity index (χ2n) is 5.79. The van der Waals surface area contributed by atoms with Gasteiger partial charge in [-0.3, -0.25) is 9.59 Å². The first-order valence-corrected chi connectivity index (χ1v) is 8.69. The van der Waals surface area contributed by atoms with Crippen LogP contribution in [0.1, 0.15) is 45.1 Å². The maximum atomic E-state index is 13.5. The number of hydrogen-bond donors (Lipinski definition) is 2. The van der Waals surface area contributed by atoms with Crippen molar-refractivity contribution in [3.63, 3.8) is 0 Å². The molecule has 1 unspecified atom stereocenters. The predicted octanol–water partition coefficient (Wildman–Crippen LogP) is 3.64. The Balaban J connectivity index is 1.82. The minimum atomic E-state index is -0.932. The molecule has 7 heteroatoms. The number of hydrogen-bond acceptors (Lipinski definition) is 3. The van der Waals surface area contributed by atoms with E-state index in [2.05, 4.69) is 10.6 Å². The molecule has 25 heavy (non-hydrogen) atoms. The van der Waals surface area contributed by atoms with Gasteiger partial charge in [-0.25, -0.2) is 8.78 Å². The maximum Gasteiger partial charge on any atom is 0.254 e. The molecule has 134 valence electrons. The molecule has 0 spiro atoms. The van der Waals surface area contributed by atoms with Crippen LogP contribution in [0.4, 0.5) is 8.78 Å². The molecule has 2 aromatic rings. The Morgan fingerprint density at radius 3 is 2.52 bits per heavy atom. The molecule has 2 N–H and O–H groups in total. The van der Waals surface area contributed by atoms with Crippen molar-refractivity contribution in [1.29, 1.82) is 0 Å². The fourth-order valence-electron chi connectivity index (χ4n) is 2.53. The van der Waals surface area contributed by atoms with Gasteiger partial charge < -0.3 is 10.6 Å². The van der Waals surface area contributed by atoms with Gasteiger partial charge in [-0.1, -0.05) is 0 Å². The van der Waals surface area contributed by atoms with Gasteiger partial charge in [0, 0.05) is 28.8 Å². The molecule has 2 rings (SSSR count). The highest BCUT2D eigenvalue weighted by molar-refractivity contribution is 7.12. The van der Waals surface area contributed by atoms with E-state index in [4.69, 9.17) is 0 Å². The molecule has 0 aliphatic heterocycles. The van der Waals surface area contributed by atoms with Crippen LogP contribution < -0.4 is 10.6 Å². The quantitative estimate of drug-likeness (QED) is 0.820. The maximum absolute atomic E-state index is 13.5. The summed E-state index contributed by atoms with van der Waals surface area (Å²) in [5.74, 6) is -2.57. The first-order chi connectivity index (χ1) is 11.8. The van der Waals surface area contributed by atoms with Crippen LogP contribution >= 0.6 is 11.3 Å². The van der Waals surface area contributed by atoms with Crippen LogP contribution in [0.25, 0.3) is 0 Å². The number of nitrogens with one attached hydrogen (secondary N) is 2. The highest BCUT2D eigenvalue weighted by atomic mass is 32.1. The van der Waals surface area contributed by atoms with Gasteiger partial charge in [0.15, 0.2) is 0 Å². The van der Waals surface area contributed by atoms with Gasteiger partial charge >= 0.3 is 0 Å². The average molecular weight is 366 g/mol. The van der Waals surface area contributed by atoms with Crippen molar-refractivity contribution < 1.29 is 18.4 Å². The summed E-state index contributed by atoms with van der Waals surface area (Å²) in [5, 5.41) is 5.33. The van der Waals surface area contributed by atoms with Crippen LogP contribution in [-0.4, -0.2) is 18.4 Å². The molecule has 2 amide bonds. The van der Waals surface area contributed by atoms with Crippen molar-refractivity contribution in [2.45, 2.75) is 33.2 Å². The first-order valence-electron chi connectivity index (χ1n) is 7.87. The number of benzene rings is 1. The number of rotatable bonds is 6. The summed E-state index contributed by atoms with van der Waals surface area (Å²) in [7, 11) is 0. The van der Waals surface area contributed by atoms with Gasteiger partial charge in [-0.2, -0.15) is 0 Å². The summed E-state index contributed by atoms with van der Waals surface area (Å²) >= 11 is 1.68. The van der Waals surface area contributed by atoms with Crippen molar-refractivity contribution in [3.05, 3.63) is 56.8 Å². The molecule has 0 radical (unpaired) electrons. The van der Waals surface area contributed by atoms with Crippen molar-refractivity contribution in [2.75, 3.05) is 6.54 Å². The summed E-state index contributed by atoms with van der Waals surface area (Å²) in [6.45, 7) is 5.99. The molecule has 0 fully saturated rings. The van der Waals surface area contributed by atoms with Crippen LogP contribution in [0.3, 0.4) is 0 Å². The van der Waals surface area contributed by atoms with Crippen LogP contribution in [0.15, 0.2) is 24.3 Å². The van der Waals surface area contributed by atoms with Crippen LogP contribution in [0.5, 0.6) is 0 Å². The molecular formula is C18H20F2N2O2S. The Bertz CT molecular complexity index is 789. The fraction of sp³-hybridized carbons (Fsp3) is 0.333. The minimum absolute atomic E-state index is 0.0653. The van der Waals surface area contributed by atoms with Crippen molar-refractivity contribution >= 4 is 23.2 Å². The van der Waals surface area contributed by atoms with Gasteiger partial charge in [-0.05, 0) is 44.5 Å². The summed E-state index contributed by atoms with van der Waals surface area (Å²) in [6.07, 6.45) is 0.0705. The normalized spacial score (nSPS) is 11.9. The Morgan fingerprint density at radius 2 is 1.92 bits per heavy atom. The van der Waals surface area contributed by atoms with E-state index in [1.54, 1.807) is 11.3 Å². The molecule has 0 aliphatic rings. The average Bonchev–Trinajstić information content (AvgIpc) is 2.85. The van der Waals surface area contributed by atoms with E-state index in [0.29, 0.717) is 6.07 Å². The highest BCUT2D eigenvalue weighted by Gasteiger charge is 2.15. The van der Waals surface area contributed by atoms with E-state index in [1.807, 2.05) is 26.8 Å². The highest BCUT2D eigenvalue weighted by Crippen LogP contribution is 2.26. The first kappa shape index (κ1) is 19.1. The molecule has 0 saturated heterocycles. The molecule has 0 bridgehead atoms. The van der Waals surface area contributed by atoms with E-state index in [9.17, 15) is 18.4 Å². The third-order valence-corrected chi connectivity index (χ3v) is 4.72. The third kappa shape index (κ3) is 5.09. The zero-order chi connectivity index (χ0) is 18.6. The summed E-state index contributed by atoms with van der Waals surface area (Å²) in [4.78, 5) is 26.2. The molecule has 1 heterocycles. The Hall–Kier alpha value is -2.28. The largest absolute Gasteiger partial charge is 0.351 e. The van der Waals surface area contributed by atoms with Crippen LogP contribution in [0, 0.1) is 25.5 Å². The van der Waals surface area contributed by atoms with E-state index in [-0.39, 0.29) is 30.5 Å². The lowest BCUT2D eigenvalue weighted by Gasteiger charge is -2.14. The fourth-order valence-corrected chi connectivity index (χ4v) is 3.55. The molecule has 1 aromatic carbocycles. The number of carbonyl (C=O) groups is 2. The number of thiophene rings is 1. The lowest BCUT2D eigenvalue weighted by Crippen LogP contribution is -2.32. The van der Waals surface area contributed by atoms with Gasteiger partial charge in [0.05, 0.1) is 11.6 Å². The summed E-state index contributed by atoms with van der Waals surface area (Å²) in [6, 6.07) is 4.66. The lowest BCUT2D eigenvalue weighted by molar-refractivity contribution is -0.121. The van der Waals surface area contributed by atoms with Crippen molar-refractivity contribution in [3.8, 4) is 0 Å². The van der Waals surface area contributed by atoms with Gasteiger partial charge in [0.1, 0.15) is 11.6 Å². The number of halogens is 2. The SMILES string of the molecule is Cc1cc(C(C)NC(=O)CCNC(=O)c2ccc(F)cc2F)c(C)s1. The predicted molar refractivity (Wildman–Crippen MR) is 93.7 cm³/mol. The Morgan fingerprint density at radius 1 is 1.20 bits per heavy atom. The smallest absolute Gasteiger partial charge is 0.254 e. The number of carbonyl (C=O) groups excluding carboxylic acids is 2. The Kier molecular flexibility index (Phi) is 6.25. The molecule has 0 aliphatic carbocycles. The topological polar surface area (TPSA) is 58.2 Å². The van der Waals surface area contributed by atoms with Crippen LogP contribution in [0.2, 0.25) is 0 Å². The molecule has 1 aromatic heterocycles. The second kappa shape index (κ2) is 8.20. The zero-order valence-corrected chi connectivity index (χ0v) is 15.1. The van der Waals surface area contributed by atoms with Gasteiger partial charge in [0.25, 0.3) is 5.91 Å². The summed E-state index contributed by atoms with van der Waals surface area (Å²) < 4.78 is 26.3. The standard InChI is InChI=1S/C18H20F2N2O2S/c1-10-8-15(12(3)25-10)11(2)22-17(23)6-7-21-18(24)14-5-4-13(19)9-16(14)20/h4-5,8-9,11H,6-7H2,1-3H3,(H,21,24)(H,22,23). The minimum Gasteiger partial charge on any atom is -0.351 e. The molecule has 1 atom stereocenters. The third-order valence-electron chi connectivity index (χ3n) is 3.74. The van der Waals surface area contributed by atoms with E-state index in [0.717, 1.165) is 22.6 Å². The Labute approximate surface area is 149 Å². The van der Waals surface area contributed by atoms with Crippen LogP contribution in [-0.2, 0) is 4.79 Å². The molecular weight excluding hydrogens is 346 g/mol. The number of aryl methyl sites for hydroxylation is 2. The van der Waals surface area contributed by atoms with E-state index >= 15 is 0 Å². The van der Waals surface area contributed by atoms with E-state index in [1.165, 1.54) is 4.88 Å². The zero-order valence-electron chi connectivity index (χ0n) is 14.3. The summed E-state index contributed by atoms with van der Waals surface area (Å²) in [5.41, 5.74) is 0.827. The molecule has 4 nitrogen and oxygen atoms in total. The van der Waals surface area contributed by atoms with Gasteiger partial charge in [-0.15, -0.1) is 11.3 Å². The molecule has 0 saturated carbocycles.